The molecule has 1 heterocycles. The molecule has 0 aliphatic carbocycles. The maximum atomic E-state index is 12.1. The first-order chi connectivity index (χ1) is 8.04. The fourth-order valence-electron chi connectivity index (χ4n) is 1.98. The minimum absolute atomic E-state index is 0.105. The number of piperazine rings is 1. The molecule has 1 saturated heterocycles. The van der Waals surface area contributed by atoms with Crippen molar-refractivity contribution in [1.82, 2.24) is 14.7 Å². The molecular formula is C12H25N3O2. The van der Waals surface area contributed by atoms with Crippen LogP contribution in [0.2, 0.25) is 0 Å². The zero-order valence-corrected chi connectivity index (χ0v) is 11.2. The number of aliphatic hydroxyl groups is 1. The Bertz CT molecular complexity index is 238. The number of rotatable bonds is 5. The molecule has 0 unspecified atom stereocenters. The van der Waals surface area contributed by atoms with Gasteiger partial charge in [-0.25, -0.2) is 0 Å². The van der Waals surface area contributed by atoms with Gasteiger partial charge in [0.15, 0.2) is 0 Å². The van der Waals surface area contributed by atoms with E-state index in [-0.39, 0.29) is 12.5 Å². The fraction of sp³-hybridized carbons (Fsp3) is 0.917. The molecule has 100 valence electrons. The highest BCUT2D eigenvalue weighted by Crippen LogP contribution is 2.03. The van der Waals surface area contributed by atoms with E-state index in [1.165, 1.54) is 0 Å². The van der Waals surface area contributed by atoms with Gasteiger partial charge in [-0.1, -0.05) is 0 Å². The smallest absolute Gasteiger partial charge is 0.236 e. The normalized spacial score (nSPS) is 18.1. The van der Waals surface area contributed by atoms with Gasteiger partial charge in [0.25, 0.3) is 0 Å². The lowest BCUT2D eigenvalue weighted by molar-refractivity contribution is -0.134. The molecule has 1 amide bonds. The molecule has 0 aromatic carbocycles. The van der Waals surface area contributed by atoms with Crippen LogP contribution in [0.15, 0.2) is 0 Å². The molecule has 5 nitrogen and oxygen atoms in total. The Labute approximate surface area is 104 Å². The number of carbonyl (C=O) groups excluding carboxylic acids is 1. The maximum Gasteiger partial charge on any atom is 0.236 e. The summed E-state index contributed by atoms with van der Waals surface area (Å²) in [5.74, 6) is 0.181. The van der Waals surface area contributed by atoms with E-state index < -0.39 is 0 Å². The zero-order chi connectivity index (χ0) is 12.8. The summed E-state index contributed by atoms with van der Waals surface area (Å²) in [4.78, 5) is 18.3. The molecule has 0 aromatic heterocycles. The Morgan fingerprint density at radius 2 is 1.88 bits per heavy atom. The van der Waals surface area contributed by atoms with Gasteiger partial charge in [0.1, 0.15) is 0 Å². The van der Waals surface area contributed by atoms with E-state index in [1.54, 1.807) is 0 Å². The van der Waals surface area contributed by atoms with Crippen LogP contribution in [0.4, 0.5) is 0 Å². The molecule has 0 bridgehead atoms. The minimum atomic E-state index is 0.105. The van der Waals surface area contributed by atoms with E-state index in [1.807, 2.05) is 23.6 Å². The summed E-state index contributed by atoms with van der Waals surface area (Å²) in [5.41, 5.74) is 0. The van der Waals surface area contributed by atoms with Crippen LogP contribution < -0.4 is 0 Å². The molecule has 1 aliphatic heterocycles. The molecule has 0 atom stereocenters. The Morgan fingerprint density at radius 1 is 1.29 bits per heavy atom. The average molecular weight is 243 g/mol. The Morgan fingerprint density at radius 3 is 2.35 bits per heavy atom. The van der Waals surface area contributed by atoms with Gasteiger partial charge < -0.3 is 14.9 Å². The number of hydrogen-bond acceptors (Lipinski definition) is 4. The predicted molar refractivity (Wildman–Crippen MR) is 67.9 cm³/mol. The number of nitrogens with zero attached hydrogens (tertiary/aromatic N) is 3. The average Bonchev–Trinajstić information content (AvgIpc) is 2.29. The van der Waals surface area contributed by atoms with Gasteiger partial charge in [0.2, 0.25) is 5.91 Å². The summed E-state index contributed by atoms with van der Waals surface area (Å²) >= 11 is 0. The van der Waals surface area contributed by atoms with Gasteiger partial charge in [-0.2, -0.15) is 0 Å². The minimum Gasteiger partial charge on any atom is -0.395 e. The number of carbonyl (C=O) groups is 1. The molecule has 0 saturated carbocycles. The largest absolute Gasteiger partial charge is 0.395 e. The highest BCUT2D eigenvalue weighted by atomic mass is 16.3. The second-order valence-electron chi connectivity index (χ2n) is 4.97. The summed E-state index contributed by atoms with van der Waals surface area (Å²) in [6, 6.07) is 0.290. The molecule has 0 radical (unpaired) electrons. The van der Waals surface area contributed by atoms with Crippen molar-refractivity contribution in [3.63, 3.8) is 0 Å². The third-order valence-electron chi connectivity index (χ3n) is 3.31. The van der Waals surface area contributed by atoms with Crippen LogP contribution in [0.5, 0.6) is 0 Å². The molecule has 1 rings (SSSR count). The molecular weight excluding hydrogens is 218 g/mol. The van der Waals surface area contributed by atoms with Crippen molar-refractivity contribution in [3.8, 4) is 0 Å². The summed E-state index contributed by atoms with van der Waals surface area (Å²) in [6.45, 7) is 8.73. The summed E-state index contributed by atoms with van der Waals surface area (Å²) in [5, 5.41) is 8.97. The zero-order valence-electron chi connectivity index (χ0n) is 11.2. The lowest BCUT2D eigenvalue weighted by atomic mass is 10.2. The van der Waals surface area contributed by atoms with Crippen LogP contribution in [-0.4, -0.2) is 84.7 Å². The summed E-state index contributed by atoms with van der Waals surface area (Å²) in [6.07, 6.45) is 0. The van der Waals surface area contributed by atoms with Crippen LogP contribution in [-0.2, 0) is 4.79 Å². The lowest BCUT2D eigenvalue weighted by Crippen LogP contribution is -2.51. The van der Waals surface area contributed by atoms with E-state index in [9.17, 15) is 4.79 Å². The monoisotopic (exact) mass is 243 g/mol. The van der Waals surface area contributed by atoms with Crippen molar-refractivity contribution < 1.29 is 9.90 Å². The first kappa shape index (κ1) is 14.4. The second-order valence-corrected chi connectivity index (χ2v) is 4.97. The molecule has 0 aromatic rings. The van der Waals surface area contributed by atoms with Crippen molar-refractivity contribution in [2.45, 2.75) is 19.9 Å². The van der Waals surface area contributed by atoms with Crippen molar-refractivity contribution in [2.24, 2.45) is 0 Å². The molecule has 17 heavy (non-hydrogen) atoms. The van der Waals surface area contributed by atoms with Gasteiger partial charge in [-0.3, -0.25) is 9.69 Å². The number of aliphatic hydroxyl groups excluding tert-OH is 1. The third-order valence-corrected chi connectivity index (χ3v) is 3.31. The molecule has 1 fully saturated rings. The molecule has 1 N–H and O–H groups in total. The van der Waals surface area contributed by atoms with Crippen molar-refractivity contribution in [1.29, 1.82) is 0 Å². The third kappa shape index (κ3) is 4.61. The van der Waals surface area contributed by atoms with Gasteiger partial charge in [0.05, 0.1) is 13.2 Å². The number of likely N-dealkylation sites (N-methyl/N-ethyl adjacent to an activating group) is 1. The summed E-state index contributed by atoms with van der Waals surface area (Å²) < 4.78 is 0. The van der Waals surface area contributed by atoms with Crippen LogP contribution in [0, 0.1) is 0 Å². The standard InChI is InChI=1S/C12H25N3O2/c1-11(2)15(8-9-16)10-12(17)14-6-4-13(3)5-7-14/h11,16H,4-10H2,1-3H3. The van der Waals surface area contributed by atoms with E-state index >= 15 is 0 Å². The van der Waals surface area contributed by atoms with Crippen LogP contribution in [0.3, 0.4) is 0 Å². The Hall–Kier alpha value is -0.650. The first-order valence-corrected chi connectivity index (χ1v) is 6.35. The first-order valence-electron chi connectivity index (χ1n) is 6.35. The Balaban J connectivity index is 2.41. The number of amides is 1. The molecule has 0 spiro atoms. The second kappa shape index (κ2) is 6.93. The molecule has 5 heteroatoms. The van der Waals surface area contributed by atoms with Gasteiger partial charge in [-0.05, 0) is 20.9 Å². The van der Waals surface area contributed by atoms with Gasteiger partial charge >= 0.3 is 0 Å². The highest BCUT2D eigenvalue weighted by Gasteiger charge is 2.21. The number of hydrogen-bond donors (Lipinski definition) is 1. The Kier molecular flexibility index (Phi) is 5.88. The lowest BCUT2D eigenvalue weighted by Gasteiger charge is -2.34. The SMILES string of the molecule is CC(C)N(CCO)CC(=O)N1CCN(C)CC1. The highest BCUT2D eigenvalue weighted by molar-refractivity contribution is 5.78. The summed E-state index contributed by atoms with van der Waals surface area (Å²) in [7, 11) is 2.08. The van der Waals surface area contributed by atoms with Crippen molar-refractivity contribution in [2.75, 3.05) is 52.9 Å². The van der Waals surface area contributed by atoms with Crippen LogP contribution in [0.25, 0.3) is 0 Å². The van der Waals surface area contributed by atoms with E-state index in [4.69, 9.17) is 5.11 Å². The van der Waals surface area contributed by atoms with Crippen molar-refractivity contribution in [3.05, 3.63) is 0 Å². The van der Waals surface area contributed by atoms with E-state index in [0.29, 0.717) is 19.1 Å². The maximum absolute atomic E-state index is 12.1. The van der Waals surface area contributed by atoms with Gasteiger partial charge in [-0.15, -0.1) is 0 Å². The van der Waals surface area contributed by atoms with Crippen molar-refractivity contribution >= 4 is 5.91 Å². The topological polar surface area (TPSA) is 47.0 Å². The predicted octanol–water partition coefficient (Wildman–Crippen LogP) is -0.537. The van der Waals surface area contributed by atoms with E-state index in [2.05, 4.69) is 11.9 Å². The van der Waals surface area contributed by atoms with Crippen LogP contribution >= 0.6 is 0 Å². The fourth-order valence-corrected chi connectivity index (χ4v) is 1.98. The van der Waals surface area contributed by atoms with Crippen LogP contribution in [0.1, 0.15) is 13.8 Å². The quantitative estimate of drug-likeness (QED) is 0.705. The molecule has 1 aliphatic rings. The van der Waals surface area contributed by atoms with Gasteiger partial charge in [0, 0.05) is 38.8 Å². The van der Waals surface area contributed by atoms with E-state index in [0.717, 1.165) is 26.2 Å².